The largest absolute Gasteiger partial charge is 0.371 e. The molecule has 0 aromatic heterocycles. The number of hydrogen-bond acceptors (Lipinski definition) is 5. The van der Waals surface area contributed by atoms with Gasteiger partial charge in [-0.05, 0) is 36.8 Å². The van der Waals surface area contributed by atoms with E-state index in [1.165, 1.54) is 24.7 Å². The van der Waals surface area contributed by atoms with Crippen LogP contribution in [-0.4, -0.2) is 36.8 Å². The number of Topliss-reactive ketones (excluding diaryl/α,β-unsaturated/α-hetero) is 1. The predicted molar refractivity (Wildman–Crippen MR) is 121 cm³/mol. The Hall–Kier alpha value is -3.22. The molecule has 3 rings (SSSR count). The van der Waals surface area contributed by atoms with Crippen LogP contribution in [0.5, 0.6) is 0 Å². The van der Waals surface area contributed by atoms with E-state index in [1.807, 2.05) is 29.2 Å². The van der Waals surface area contributed by atoms with Crippen LogP contribution >= 0.6 is 0 Å². The van der Waals surface area contributed by atoms with Gasteiger partial charge >= 0.3 is 0 Å². The summed E-state index contributed by atoms with van der Waals surface area (Å²) in [6.45, 7) is 5.58. The van der Waals surface area contributed by atoms with Gasteiger partial charge in [0.05, 0.1) is 16.2 Å². The molecule has 1 saturated heterocycles. The lowest BCUT2D eigenvalue weighted by atomic mass is 9.88. The molecule has 0 spiro atoms. The Labute approximate surface area is 182 Å². The third-order valence-corrected chi connectivity index (χ3v) is 5.75. The highest BCUT2D eigenvalue weighted by Crippen LogP contribution is 2.30. The molecule has 1 fully saturated rings. The summed E-state index contributed by atoms with van der Waals surface area (Å²) in [7, 11) is 1.50. The highest BCUT2D eigenvalue weighted by Gasteiger charge is 2.28. The van der Waals surface area contributed by atoms with Crippen LogP contribution in [0, 0.1) is 22.0 Å². The number of carbonyl (C=O) groups excluding carboxylic acids is 2. The molecule has 31 heavy (non-hydrogen) atoms. The van der Waals surface area contributed by atoms with Gasteiger partial charge in [0.2, 0.25) is 0 Å². The average Bonchev–Trinajstić information content (AvgIpc) is 2.78. The van der Waals surface area contributed by atoms with Crippen molar-refractivity contribution in [1.82, 2.24) is 5.32 Å². The first kappa shape index (κ1) is 22.5. The smallest absolute Gasteiger partial charge is 0.270 e. The highest BCUT2D eigenvalue weighted by molar-refractivity contribution is 6.01. The van der Waals surface area contributed by atoms with Crippen LogP contribution in [0.3, 0.4) is 0 Å². The molecule has 0 aliphatic carbocycles. The number of nitro benzene ring substituents is 1. The third kappa shape index (κ3) is 5.29. The standard InChI is InChI=1S/C24H29N3O4/c1-16(2)14-17-4-6-18(7-5-17)23(28)19-10-12-26(13-11-19)22-9-8-20(27(30)31)15-21(22)24(29)25-3/h4-9,15-16,19H,10-14H2,1-3H3,(H,25,29). The van der Waals surface area contributed by atoms with E-state index in [2.05, 4.69) is 19.2 Å². The molecule has 164 valence electrons. The quantitative estimate of drug-likeness (QED) is 0.408. The Bertz CT molecular complexity index is 961. The van der Waals surface area contributed by atoms with Crippen molar-refractivity contribution in [3.8, 4) is 0 Å². The number of amides is 1. The Morgan fingerprint density at radius 2 is 1.77 bits per heavy atom. The Kier molecular flexibility index (Phi) is 7.05. The van der Waals surface area contributed by atoms with E-state index in [-0.39, 0.29) is 28.9 Å². The molecule has 7 heteroatoms. The zero-order valence-electron chi connectivity index (χ0n) is 18.3. The fourth-order valence-corrected chi connectivity index (χ4v) is 4.12. The number of nitrogens with zero attached hydrogens (tertiary/aromatic N) is 2. The van der Waals surface area contributed by atoms with Crippen molar-refractivity contribution in [2.75, 3.05) is 25.0 Å². The van der Waals surface area contributed by atoms with Crippen LogP contribution < -0.4 is 10.2 Å². The third-order valence-electron chi connectivity index (χ3n) is 5.75. The van der Waals surface area contributed by atoms with Gasteiger partial charge in [-0.25, -0.2) is 0 Å². The number of non-ortho nitro benzene ring substituents is 1. The van der Waals surface area contributed by atoms with E-state index in [9.17, 15) is 19.7 Å². The fourth-order valence-electron chi connectivity index (χ4n) is 4.12. The van der Waals surface area contributed by atoms with E-state index in [4.69, 9.17) is 0 Å². The summed E-state index contributed by atoms with van der Waals surface area (Å²) in [6, 6.07) is 12.3. The number of piperidine rings is 1. The lowest BCUT2D eigenvalue weighted by Gasteiger charge is -2.34. The molecule has 1 N–H and O–H groups in total. The maximum atomic E-state index is 13.0. The minimum atomic E-state index is -0.506. The van der Waals surface area contributed by atoms with Gasteiger partial charge in [0.25, 0.3) is 11.6 Å². The molecule has 7 nitrogen and oxygen atoms in total. The first-order valence-electron chi connectivity index (χ1n) is 10.7. The average molecular weight is 424 g/mol. The molecule has 1 aliphatic rings. The van der Waals surface area contributed by atoms with Gasteiger partial charge in [-0.1, -0.05) is 38.1 Å². The zero-order chi connectivity index (χ0) is 22.5. The molecule has 2 aromatic rings. The summed E-state index contributed by atoms with van der Waals surface area (Å²) in [5, 5.41) is 13.6. The van der Waals surface area contributed by atoms with Gasteiger partial charge in [0.15, 0.2) is 5.78 Å². The fraction of sp³-hybridized carbons (Fsp3) is 0.417. The number of nitro groups is 1. The molecule has 0 atom stereocenters. The van der Waals surface area contributed by atoms with Crippen molar-refractivity contribution in [1.29, 1.82) is 0 Å². The van der Waals surface area contributed by atoms with Gasteiger partial charge in [-0.3, -0.25) is 19.7 Å². The number of ketones is 1. The van der Waals surface area contributed by atoms with Crippen molar-refractivity contribution in [3.63, 3.8) is 0 Å². The van der Waals surface area contributed by atoms with Crippen molar-refractivity contribution >= 4 is 23.1 Å². The summed E-state index contributed by atoms with van der Waals surface area (Å²) < 4.78 is 0. The van der Waals surface area contributed by atoms with Crippen LogP contribution in [0.15, 0.2) is 42.5 Å². The number of hydrogen-bond donors (Lipinski definition) is 1. The lowest BCUT2D eigenvalue weighted by Crippen LogP contribution is -2.37. The maximum Gasteiger partial charge on any atom is 0.270 e. The number of anilines is 1. The number of rotatable bonds is 7. The summed E-state index contributed by atoms with van der Waals surface area (Å²) in [5.74, 6) is 0.308. The Morgan fingerprint density at radius 1 is 1.13 bits per heavy atom. The van der Waals surface area contributed by atoms with Gasteiger partial charge in [-0.15, -0.1) is 0 Å². The minimum absolute atomic E-state index is 0.0614. The summed E-state index contributed by atoms with van der Waals surface area (Å²) in [5.41, 5.74) is 2.80. The van der Waals surface area contributed by atoms with Crippen LogP contribution in [0.4, 0.5) is 11.4 Å². The second-order valence-corrected chi connectivity index (χ2v) is 8.46. The van der Waals surface area contributed by atoms with Crippen molar-refractivity contribution in [2.45, 2.75) is 33.1 Å². The van der Waals surface area contributed by atoms with Crippen LogP contribution in [-0.2, 0) is 6.42 Å². The van der Waals surface area contributed by atoms with E-state index < -0.39 is 4.92 Å². The molecular formula is C24H29N3O4. The van der Waals surface area contributed by atoms with Crippen LogP contribution in [0.1, 0.15) is 53.0 Å². The Morgan fingerprint density at radius 3 is 2.32 bits per heavy atom. The van der Waals surface area contributed by atoms with Crippen molar-refractivity contribution < 1.29 is 14.5 Å². The maximum absolute atomic E-state index is 13.0. The van der Waals surface area contributed by atoms with Gasteiger partial charge in [0.1, 0.15) is 0 Å². The second kappa shape index (κ2) is 9.73. The lowest BCUT2D eigenvalue weighted by molar-refractivity contribution is -0.384. The Balaban J connectivity index is 1.70. The van der Waals surface area contributed by atoms with Gasteiger partial charge < -0.3 is 10.2 Å². The summed E-state index contributed by atoms with van der Waals surface area (Å²) in [6.07, 6.45) is 2.35. The second-order valence-electron chi connectivity index (χ2n) is 8.46. The van der Waals surface area contributed by atoms with Gasteiger partial charge in [0, 0.05) is 43.8 Å². The molecule has 1 heterocycles. The molecule has 1 aliphatic heterocycles. The normalized spacial score (nSPS) is 14.5. The highest BCUT2D eigenvalue weighted by atomic mass is 16.6. The van der Waals surface area contributed by atoms with E-state index >= 15 is 0 Å². The number of carbonyl (C=O) groups is 2. The van der Waals surface area contributed by atoms with Crippen LogP contribution in [0.2, 0.25) is 0 Å². The first-order chi connectivity index (χ1) is 14.8. The van der Waals surface area contributed by atoms with Crippen LogP contribution in [0.25, 0.3) is 0 Å². The summed E-state index contributed by atoms with van der Waals surface area (Å²) in [4.78, 5) is 37.9. The van der Waals surface area contributed by atoms with E-state index in [0.717, 1.165) is 12.0 Å². The van der Waals surface area contributed by atoms with E-state index in [0.29, 0.717) is 37.5 Å². The summed E-state index contributed by atoms with van der Waals surface area (Å²) >= 11 is 0. The zero-order valence-corrected chi connectivity index (χ0v) is 18.3. The van der Waals surface area contributed by atoms with Crippen molar-refractivity contribution in [2.24, 2.45) is 11.8 Å². The first-order valence-corrected chi connectivity index (χ1v) is 10.7. The number of benzene rings is 2. The molecule has 2 aromatic carbocycles. The van der Waals surface area contributed by atoms with Gasteiger partial charge in [-0.2, -0.15) is 0 Å². The minimum Gasteiger partial charge on any atom is -0.371 e. The molecular weight excluding hydrogens is 394 g/mol. The topological polar surface area (TPSA) is 92.5 Å². The van der Waals surface area contributed by atoms with Crippen molar-refractivity contribution in [3.05, 3.63) is 69.3 Å². The molecule has 1 amide bonds. The van der Waals surface area contributed by atoms with E-state index in [1.54, 1.807) is 6.07 Å². The monoisotopic (exact) mass is 423 g/mol. The molecule has 0 radical (unpaired) electrons. The number of nitrogens with one attached hydrogen (secondary N) is 1. The molecule has 0 bridgehead atoms. The predicted octanol–water partition coefficient (Wildman–Crippen LogP) is 4.25. The molecule has 0 unspecified atom stereocenters. The molecule has 0 saturated carbocycles. The SMILES string of the molecule is CNC(=O)c1cc([N+](=O)[O-])ccc1N1CCC(C(=O)c2ccc(CC(C)C)cc2)CC1.